The summed E-state index contributed by atoms with van der Waals surface area (Å²) in [5.74, 6) is 0.525. The maximum absolute atomic E-state index is 12.6. The summed E-state index contributed by atoms with van der Waals surface area (Å²) in [6, 6.07) is 3.41. The van der Waals surface area contributed by atoms with Gasteiger partial charge in [-0.2, -0.15) is 0 Å². The van der Waals surface area contributed by atoms with Gasteiger partial charge in [0.15, 0.2) is 0 Å². The third-order valence-corrected chi connectivity index (χ3v) is 5.62. The van der Waals surface area contributed by atoms with Gasteiger partial charge in [0.2, 0.25) is 5.91 Å². The standard InChI is InChI=1S/C17H25N3O2S/c21-16(19-12-13-5-3-8-18-11-13)14-6-1-2-9-20(14)17(22)15-7-4-10-23-15/h4,7,10,13-14,18H,1-3,5-6,8-9,11-12H2,(H,19,21). The molecule has 2 aliphatic heterocycles. The quantitative estimate of drug-likeness (QED) is 0.883. The van der Waals surface area contributed by atoms with Crippen LogP contribution in [0.3, 0.4) is 0 Å². The maximum Gasteiger partial charge on any atom is 0.264 e. The van der Waals surface area contributed by atoms with Crippen LogP contribution < -0.4 is 10.6 Å². The van der Waals surface area contributed by atoms with Crippen molar-refractivity contribution in [2.24, 2.45) is 5.92 Å². The van der Waals surface area contributed by atoms with Gasteiger partial charge in [-0.05, 0) is 62.6 Å². The Bertz CT molecular complexity index is 526. The first-order valence-electron chi connectivity index (χ1n) is 8.58. The zero-order chi connectivity index (χ0) is 16.1. The average molecular weight is 335 g/mol. The number of carbonyl (C=O) groups excluding carboxylic acids is 2. The first-order chi connectivity index (χ1) is 11.3. The SMILES string of the molecule is O=C(NCC1CCCNC1)C1CCCCN1C(=O)c1cccs1. The van der Waals surface area contributed by atoms with Crippen molar-refractivity contribution >= 4 is 23.2 Å². The highest BCUT2D eigenvalue weighted by molar-refractivity contribution is 7.12. The number of rotatable bonds is 4. The summed E-state index contributed by atoms with van der Waals surface area (Å²) in [4.78, 5) is 27.7. The Kier molecular flexibility index (Phi) is 5.67. The minimum absolute atomic E-state index is 0.000756. The van der Waals surface area contributed by atoms with Gasteiger partial charge in [0, 0.05) is 13.1 Å². The highest BCUT2D eigenvalue weighted by Crippen LogP contribution is 2.22. The van der Waals surface area contributed by atoms with E-state index in [-0.39, 0.29) is 17.9 Å². The third-order valence-electron chi connectivity index (χ3n) is 4.76. The number of nitrogens with zero attached hydrogens (tertiary/aromatic N) is 1. The van der Waals surface area contributed by atoms with Crippen molar-refractivity contribution in [1.82, 2.24) is 15.5 Å². The highest BCUT2D eigenvalue weighted by atomic mass is 32.1. The molecule has 0 aromatic carbocycles. The van der Waals surface area contributed by atoms with Gasteiger partial charge in [-0.1, -0.05) is 6.07 Å². The molecule has 2 aliphatic rings. The summed E-state index contributed by atoms with van der Waals surface area (Å²) in [5, 5.41) is 8.36. The zero-order valence-corrected chi connectivity index (χ0v) is 14.2. The Morgan fingerprint density at radius 3 is 2.96 bits per heavy atom. The van der Waals surface area contributed by atoms with Crippen LogP contribution in [-0.4, -0.2) is 48.9 Å². The topological polar surface area (TPSA) is 61.4 Å². The zero-order valence-electron chi connectivity index (χ0n) is 13.4. The molecule has 3 rings (SSSR count). The molecule has 2 unspecified atom stereocenters. The van der Waals surface area contributed by atoms with E-state index in [1.54, 1.807) is 4.90 Å². The molecule has 5 nitrogen and oxygen atoms in total. The predicted octanol–water partition coefficient (Wildman–Crippen LogP) is 1.86. The molecule has 2 atom stereocenters. The summed E-state index contributed by atoms with van der Waals surface area (Å²) in [6.45, 7) is 3.45. The van der Waals surface area contributed by atoms with Crippen molar-refractivity contribution in [1.29, 1.82) is 0 Å². The normalized spacial score (nSPS) is 25.1. The Morgan fingerprint density at radius 2 is 2.22 bits per heavy atom. The number of hydrogen-bond donors (Lipinski definition) is 2. The number of amides is 2. The minimum atomic E-state index is -0.310. The van der Waals surface area contributed by atoms with Crippen molar-refractivity contribution < 1.29 is 9.59 Å². The van der Waals surface area contributed by atoms with Crippen LogP contribution in [0.1, 0.15) is 41.8 Å². The third kappa shape index (κ3) is 4.12. The van der Waals surface area contributed by atoms with Crippen molar-refractivity contribution in [2.45, 2.75) is 38.1 Å². The van der Waals surface area contributed by atoms with Gasteiger partial charge in [0.05, 0.1) is 4.88 Å². The Morgan fingerprint density at radius 1 is 1.30 bits per heavy atom. The van der Waals surface area contributed by atoms with Crippen LogP contribution >= 0.6 is 11.3 Å². The van der Waals surface area contributed by atoms with Crippen LogP contribution in [-0.2, 0) is 4.79 Å². The lowest BCUT2D eigenvalue weighted by Crippen LogP contribution is -2.52. The lowest BCUT2D eigenvalue weighted by atomic mass is 9.98. The van der Waals surface area contributed by atoms with Crippen molar-refractivity contribution in [3.05, 3.63) is 22.4 Å². The number of hydrogen-bond acceptors (Lipinski definition) is 4. The fourth-order valence-corrected chi connectivity index (χ4v) is 4.13. The van der Waals surface area contributed by atoms with Gasteiger partial charge in [-0.25, -0.2) is 0 Å². The second kappa shape index (κ2) is 7.93. The summed E-state index contributed by atoms with van der Waals surface area (Å²) >= 11 is 1.44. The number of piperidine rings is 2. The smallest absolute Gasteiger partial charge is 0.264 e. The summed E-state index contributed by atoms with van der Waals surface area (Å²) in [7, 11) is 0. The van der Waals surface area contributed by atoms with E-state index in [0.29, 0.717) is 19.0 Å². The van der Waals surface area contributed by atoms with Gasteiger partial charge in [0.25, 0.3) is 5.91 Å². The Hall–Kier alpha value is -1.40. The van der Waals surface area contributed by atoms with E-state index in [1.807, 2.05) is 17.5 Å². The van der Waals surface area contributed by atoms with E-state index in [0.717, 1.165) is 43.6 Å². The van der Waals surface area contributed by atoms with Crippen LogP contribution in [0.4, 0.5) is 0 Å². The monoisotopic (exact) mass is 335 g/mol. The van der Waals surface area contributed by atoms with Crippen LogP contribution in [0.25, 0.3) is 0 Å². The maximum atomic E-state index is 12.6. The van der Waals surface area contributed by atoms with Crippen molar-refractivity contribution in [3.63, 3.8) is 0 Å². The van der Waals surface area contributed by atoms with E-state index < -0.39 is 0 Å². The van der Waals surface area contributed by atoms with Gasteiger partial charge >= 0.3 is 0 Å². The number of likely N-dealkylation sites (tertiary alicyclic amines) is 1. The summed E-state index contributed by atoms with van der Waals surface area (Å²) in [5.41, 5.74) is 0. The largest absolute Gasteiger partial charge is 0.354 e. The minimum Gasteiger partial charge on any atom is -0.354 e. The molecule has 0 saturated carbocycles. The fraction of sp³-hybridized carbons (Fsp3) is 0.647. The molecule has 126 valence electrons. The second-order valence-electron chi connectivity index (χ2n) is 6.44. The first-order valence-corrected chi connectivity index (χ1v) is 9.46. The molecule has 3 heterocycles. The van der Waals surface area contributed by atoms with Crippen LogP contribution in [0.15, 0.2) is 17.5 Å². The van der Waals surface area contributed by atoms with Crippen LogP contribution in [0.2, 0.25) is 0 Å². The molecule has 0 bridgehead atoms. The number of nitrogens with one attached hydrogen (secondary N) is 2. The molecule has 1 aromatic rings. The van der Waals surface area contributed by atoms with Gasteiger partial charge < -0.3 is 15.5 Å². The molecule has 2 fully saturated rings. The summed E-state index contributed by atoms with van der Waals surface area (Å²) < 4.78 is 0. The molecule has 2 saturated heterocycles. The van der Waals surface area contributed by atoms with E-state index in [1.165, 1.54) is 17.8 Å². The Labute approximate surface area is 141 Å². The first kappa shape index (κ1) is 16.5. The van der Waals surface area contributed by atoms with E-state index in [4.69, 9.17) is 0 Å². The second-order valence-corrected chi connectivity index (χ2v) is 7.39. The molecular formula is C17H25N3O2S. The van der Waals surface area contributed by atoms with E-state index in [2.05, 4.69) is 10.6 Å². The molecule has 2 N–H and O–H groups in total. The Balaban J connectivity index is 1.58. The number of thiophene rings is 1. The van der Waals surface area contributed by atoms with Crippen molar-refractivity contribution in [2.75, 3.05) is 26.2 Å². The molecule has 2 amide bonds. The highest BCUT2D eigenvalue weighted by Gasteiger charge is 2.33. The average Bonchev–Trinajstić information content (AvgIpc) is 3.14. The van der Waals surface area contributed by atoms with Gasteiger partial charge in [-0.3, -0.25) is 9.59 Å². The molecular weight excluding hydrogens is 310 g/mol. The van der Waals surface area contributed by atoms with Gasteiger partial charge in [-0.15, -0.1) is 11.3 Å². The van der Waals surface area contributed by atoms with E-state index in [9.17, 15) is 9.59 Å². The lowest BCUT2D eigenvalue weighted by Gasteiger charge is -2.35. The predicted molar refractivity (Wildman–Crippen MR) is 91.6 cm³/mol. The van der Waals surface area contributed by atoms with Crippen LogP contribution in [0.5, 0.6) is 0 Å². The molecule has 0 aliphatic carbocycles. The lowest BCUT2D eigenvalue weighted by molar-refractivity contribution is -0.126. The molecule has 0 spiro atoms. The number of carbonyl (C=O) groups is 2. The van der Waals surface area contributed by atoms with E-state index >= 15 is 0 Å². The summed E-state index contributed by atoms with van der Waals surface area (Å²) in [6.07, 6.45) is 5.10. The van der Waals surface area contributed by atoms with Gasteiger partial charge in [0.1, 0.15) is 6.04 Å². The van der Waals surface area contributed by atoms with Crippen molar-refractivity contribution in [3.8, 4) is 0 Å². The molecule has 1 aromatic heterocycles. The van der Waals surface area contributed by atoms with Crippen LogP contribution in [0, 0.1) is 5.92 Å². The fourth-order valence-electron chi connectivity index (χ4n) is 3.45. The molecule has 0 radical (unpaired) electrons. The molecule has 23 heavy (non-hydrogen) atoms. The molecule has 6 heteroatoms.